The van der Waals surface area contributed by atoms with Crippen LogP contribution in [0, 0.1) is 11.8 Å². The fourth-order valence-corrected chi connectivity index (χ4v) is 3.47. The normalized spacial score (nSPS) is 25.4. The molecule has 0 aromatic carbocycles. The smallest absolute Gasteiger partial charge is 0.138 e. The summed E-state index contributed by atoms with van der Waals surface area (Å²) in [6, 6.07) is 0. The van der Waals surface area contributed by atoms with Crippen LogP contribution in [0.2, 0.25) is 0 Å². The molecule has 1 aliphatic carbocycles. The van der Waals surface area contributed by atoms with Crippen LogP contribution in [0.15, 0.2) is 6.33 Å². The second-order valence-electron chi connectivity index (χ2n) is 5.59. The van der Waals surface area contributed by atoms with Gasteiger partial charge in [-0.05, 0) is 31.1 Å². The van der Waals surface area contributed by atoms with Gasteiger partial charge in [-0.2, -0.15) is 5.10 Å². The lowest BCUT2D eigenvalue weighted by atomic mass is 9.86. The van der Waals surface area contributed by atoms with Gasteiger partial charge in [0.15, 0.2) is 0 Å². The number of aromatic nitrogens is 3. The molecule has 0 radical (unpaired) electrons. The molecule has 17 heavy (non-hydrogen) atoms. The standard InChI is InChI=1S/C13H22BrN3/c1-10(2)8-17-13(15-9-16-17)7-11-4-3-5-12(14)6-11/h9-12H,3-8H2,1-2H3. The second kappa shape index (κ2) is 5.98. The summed E-state index contributed by atoms with van der Waals surface area (Å²) in [6.07, 6.45) is 8.10. The molecule has 0 saturated heterocycles. The molecule has 0 amide bonds. The molecule has 0 spiro atoms. The summed E-state index contributed by atoms with van der Waals surface area (Å²) in [5.41, 5.74) is 0. The van der Waals surface area contributed by atoms with Gasteiger partial charge in [-0.3, -0.25) is 0 Å². The molecular formula is C13H22BrN3. The number of rotatable bonds is 4. The Morgan fingerprint density at radius 1 is 1.47 bits per heavy atom. The van der Waals surface area contributed by atoms with E-state index < -0.39 is 0 Å². The zero-order valence-electron chi connectivity index (χ0n) is 10.8. The highest BCUT2D eigenvalue weighted by molar-refractivity contribution is 9.09. The zero-order valence-corrected chi connectivity index (χ0v) is 12.4. The minimum Gasteiger partial charge on any atom is -0.250 e. The summed E-state index contributed by atoms with van der Waals surface area (Å²) in [5, 5.41) is 4.33. The van der Waals surface area contributed by atoms with Crippen LogP contribution in [0.3, 0.4) is 0 Å². The summed E-state index contributed by atoms with van der Waals surface area (Å²) in [4.78, 5) is 5.14. The van der Waals surface area contributed by atoms with Crippen LogP contribution in [0.25, 0.3) is 0 Å². The first-order valence-electron chi connectivity index (χ1n) is 6.66. The highest BCUT2D eigenvalue weighted by atomic mass is 79.9. The van der Waals surface area contributed by atoms with Gasteiger partial charge in [0.05, 0.1) is 0 Å². The second-order valence-corrected chi connectivity index (χ2v) is 6.88. The van der Waals surface area contributed by atoms with Gasteiger partial charge in [0.25, 0.3) is 0 Å². The van der Waals surface area contributed by atoms with Crippen molar-refractivity contribution in [1.82, 2.24) is 14.8 Å². The minimum atomic E-state index is 0.630. The summed E-state index contributed by atoms with van der Waals surface area (Å²) in [6.45, 7) is 5.43. The molecule has 0 aliphatic heterocycles. The Balaban J connectivity index is 1.95. The highest BCUT2D eigenvalue weighted by Gasteiger charge is 2.22. The number of alkyl halides is 1. The zero-order chi connectivity index (χ0) is 12.3. The van der Waals surface area contributed by atoms with Crippen molar-refractivity contribution in [3.05, 3.63) is 12.2 Å². The number of hydrogen-bond donors (Lipinski definition) is 0. The van der Waals surface area contributed by atoms with Crippen LogP contribution in [0.5, 0.6) is 0 Å². The van der Waals surface area contributed by atoms with Gasteiger partial charge in [0.1, 0.15) is 12.2 Å². The first kappa shape index (κ1) is 13.1. The number of hydrogen-bond acceptors (Lipinski definition) is 2. The summed E-state index contributed by atoms with van der Waals surface area (Å²) < 4.78 is 2.09. The molecule has 0 N–H and O–H groups in total. The molecule has 2 rings (SSSR count). The first-order valence-corrected chi connectivity index (χ1v) is 7.57. The monoisotopic (exact) mass is 299 g/mol. The Morgan fingerprint density at radius 3 is 3.00 bits per heavy atom. The van der Waals surface area contributed by atoms with E-state index in [1.807, 2.05) is 0 Å². The van der Waals surface area contributed by atoms with Crippen molar-refractivity contribution >= 4 is 15.9 Å². The van der Waals surface area contributed by atoms with Crippen molar-refractivity contribution in [3.63, 3.8) is 0 Å². The topological polar surface area (TPSA) is 30.7 Å². The van der Waals surface area contributed by atoms with E-state index in [1.165, 1.54) is 31.5 Å². The molecule has 2 atom stereocenters. The largest absolute Gasteiger partial charge is 0.250 e. The Hall–Kier alpha value is -0.380. The Morgan fingerprint density at radius 2 is 2.29 bits per heavy atom. The van der Waals surface area contributed by atoms with Crippen molar-refractivity contribution in [2.75, 3.05) is 0 Å². The van der Waals surface area contributed by atoms with Crippen molar-refractivity contribution in [3.8, 4) is 0 Å². The molecule has 2 unspecified atom stereocenters. The van der Waals surface area contributed by atoms with E-state index >= 15 is 0 Å². The van der Waals surface area contributed by atoms with Gasteiger partial charge in [-0.1, -0.05) is 36.2 Å². The van der Waals surface area contributed by atoms with Crippen molar-refractivity contribution in [2.24, 2.45) is 11.8 Å². The van der Waals surface area contributed by atoms with Crippen molar-refractivity contribution < 1.29 is 0 Å². The fraction of sp³-hybridized carbons (Fsp3) is 0.846. The number of halogens is 1. The summed E-state index contributed by atoms with van der Waals surface area (Å²) in [7, 11) is 0. The average molecular weight is 300 g/mol. The fourth-order valence-electron chi connectivity index (χ4n) is 2.61. The molecule has 1 heterocycles. The lowest BCUT2D eigenvalue weighted by Gasteiger charge is -2.25. The maximum Gasteiger partial charge on any atom is 0.138 e. The van der Waals surface area contributed by atoms with Crippen LogP contribution in [-0.2, 0) is 13.0 Å². The minimum absolute atomic E-state index is 0.630. The predicted octanol–water partition coefficient (Wildman–Crippen LogP) is 3.43. The maximum absolute atomic E-state index is 4.42. The average Bonchev–Trinajstić information content (AvgIpc) is 2.65. The molecule has 1 aromatic heterocycles. The molecular weight excluding hydrogens is 278 g/mol. The predicted molar refractivity (Wildman–Crippen MR) is 73.2 cm³/mol. The molecule has 1 saturated carbocycles. The van der Waals surface area contributed by atoms with E-state index in [-0.39, 0.29) is 0 Å². The maximum atomic E-state index is 4.42. The van der Waals surface area contributed by atoms with Crippen LogP contribution in [0.1, 0.15) is 45.4 Å². The van der Waals surface area contributed by atoms with Gasteiger partial charge < -0.3 is 0 Å². The molecule has 1 aliphatic rings. The van der Waals surface area contributed by atoms with E-state index in [9.17, 15) is 0 Å². The summed E-state index contributed by atoms with van der Waals surface area (Å²) >= 11 is 3.75. The quantitative estimate of drug-likeness (QED) is 0.798. The van der Waals surface area contributed by atoms with E-state index in [0.717, 1.165) is 18.9 Å². The molecule has 3 nitrogen and oxygen atoms in total. The van der Waals surface area contributed by atoms with Gasteiger partial charge in [-0.25, -0.2) is 9.67 Å². The molecule has 4 heteroatoms. The van der Waals surface area contributed by atoms with E-state index in [0.29, 0.717) is 10.7 Å². The third-order valence-corrected chi connectivity index (χ3v) is 4.26. The molecule has 0 bridgehead atoms. The molecule has 1 fully saturated rings. The Labute approximate surface area is 112 Å². The Bertz CT molecular complexity index is 348. The van der Waals surface area contributed by atoms with E-state index in [4.69, 9.17) is 0 Å². The van der Waals surface area contributed by atoms with Gasteiger partial charge in [0.2, 0.25) is 0 Å². The van der Waals surface area contributed by atoms with Gasteiger partial charge in [-0.15, -0.1) is 0 Å². The SMILES string of the molecule is CC(C)Cn1ncnc1CC1CCCC(Br)C1. The Kier molecular flexibility index (Phi) is 4.60. The summed E-state index contributed by atoms with van der Waals surface area (Å²) in [5.74, 6) is 2.58. The lowest BCUT2D eigenvalue weighted by molar-refractivity contribution is 0.351. The first-order chi connectivity index (χ1) is 8.15. The van der Waals surface area contributed by atoms with Crippen LogP contribution in [0.4, 0.5) is 0 Å². The van der Waals surface area contributed by atoms with E-state index in [2.05, 4.69) is 44.5 Å². The number of nitrogens with zero attached hydrogens (tertiary/aromatic N) is 3. The van der Waals surface area contributed by atoms with Crippen LogP contribution >= 0.6 is 15.9 Å². The van der Waals surface area contributed by atoms with Crippen LogP contribution < -0.4 is 0 Å². The molecule has 96 valence electrons. The van der Waals surface area contributed by atoms with E-state index in [1.54, 1.807) is 6.33 Å². The van der Waals surface area contributed by atoms with Gasteiger partial charge >= 0.3 is 0 Å². The third kappa shape index (κ3) is 3.80. The van der Waals surface area contributed by atoms with Crippen LogP contribution in [-0.4, -0.2) is 19.6 Å². The highest BCUT2D eigenvalue weighted by Crippen LogP contribution is 2.30. The van der Waals surface area contributed by atoms with Crippen molar-refractivity contribution in [2.45, 2.75) is 57.3 Å². The molecule has 1 aromatic rings. The van der Waals surface area contributed by atoms with Crippen molar-refractivity contribution in [1.29, 1.82) is 0 Å². The lowest BCUT2D eigenvalue weighted by Crippen LogP contribution is -2.20. The third-order valence-electron chi connectivity index (χ3n) is 3.42. The van der Waals surface area contributed by atoms with Gasteiger partial charge in [0, 0.05) is 17.8 Å².